The highest BCUT2D eigenvalue weighted by atomic mass is 16.3. The minimum atomic E-state index is 0.887. The third-order valence-corrected chi connectivity index (χ3v) is 12.2. The average molecular weight is 779 g/mol. The summed E-state index contributed by atoms with van der Waals surface area (Å²) < 4.78 is 8.94. The molecule has 0 bridgehead atoms. The maximum Gasteiger partial charge on any atom is 0.143 e. The van der Waals surface area contributed by atoms with Gasteiger partial charge in [-0.1, -0.05) is 164 Å². The monoisotopic (exact) mass is 778 g/mol. The van der Waals surface area contributed by atoms with Gasteiger partial charge in [0, 0.05) is 49.4 Å². The normalized spacial score (nSPS) is 11.6. The lowest BCUT2D eigenvalue weighted by Crippen LogP contribution is -2.11. The number of aromatic nitrogens is 1. The third kappa shape index (κ3) is 5.82. The molecule has 0 saturated heterocycles. The first-order valence-corrected chi connectivity index (χ1v) is 20.8. The molecule has 0 spiro atoms. The molecule has 0 aliphatic rings. The Morgan fingerprint density at radius 3 is 1.64 bits per heavy atom. The molecule has 0 atom stereocenters. The van der Waals surface area contributed by atoms with E-state index in [9.17, 15) is 0 Å². The predicted molar refractivity (Wildman–Crippen MR) is 257 cm³/mol. The van der Waals surface area contributed by atoms with Crippen LogP contribution >= 0.6 is 0 Å². The molecule has 0 aliphatic heterocycles. The van der Waals surface area contributed by atoms with Crippen molar-refractivity contribution in [2.75, 3.05) is 4.90 Å². The van der Waals surface area contributed by atoms with Crippen molar-refractivity contribution in [3.05, 3.63) is 231 Å². The highest BCUT2D eigenvalue weighted by molar-refractivity contribution is 6.16. The van der Waals surface area contributed by atoms with Crippen LogP contribution in [0, 0.1) is 0 Å². The summed E-state index contributed by atoms with van der Waals surface area (Å²) in [5.41, 5.74) is 15.6. The second-order valence-electron chi connectivity index (χ2n) is 15.7. The predicted octanol–water partition coefficient (Wildman–Crippen LogP) is 16.3. The summed E-state index contributed by atoms with van der Waals surface area (Å²) in [7, 11) is 0. The van der Waals surface area contributed by atoms with Crippen molar-refractivity contribution in [1.82, 2.24) is 4.57 Å². The van der Waals surface area contributed by atoms with Gasteiger partial charge in [-0.3, -0.25) is 0 Å². The lowest BCUT2D eigenvalue weighted by Gasteiger charge is -2.28. The molecule has 12 rings (SSSR count). The van der Waals surface area contributed by atoms with E-state index in [2.05, 4.69) is 240 Å². The second-order valence-corrected chi connectivity index (χ2v) is 15.7. The molecule has 286 valence electrons. The summed E-state index contributed by atoms with van der Waals surface area (Å²) in [5, 5.41) is 7.05. The first kappa shape index (κ1) is 34.9. The fraction of sp³-hybridized carbons (Fsp3) is 0. The third-order valence-electron chi connectivity index (χ3n) is 12.2. The van der Waals surface area contributed by atoms with E-state index in [4.69, 9.17) is 4.42 Å². The molecule has 12 aromatic rings. The Morgan fingerprint density at radius 2 is 0.902 bits per heavy atom. The first-order chi connectivity index (χ1) is 30.3. The molecule has 0 unspecified atom stereocenters. The Kier molecular flexibility index (Phi) is 8.17. The van der Waals surface area contributed by atoms with Crippen LogP contribution in [0.2, 0.25) is 0 Å². The van der Waals surface area contributed by atoms with E-state index >= 15 is 0 Å². The Morgan fingerprint density at radius 1 is 0.344 bits per heavy atom. The smallest absolute Gasteiger partial charge is 0.143 e. The van der Waals surface area contributed by atoms with Gasteiger partial charge in [-0.15, -0.1) is 0 Å². The van der Waals surface area contributed by atoms with Crippen molar-refractivity contribution < 1.29 is 4.42 Å². The van der Waals surface area contributed by atoms with Gasteiger partial charge in [-0.05, 0) is 94.4 Å². The van der Waals surface area contributed by atoms with Crippen LogP contribution in [-0.2, 0) is 0 Å². The molecule has 0 fully saturated rings. The van der Waals surface area contributed by atoms with Crippen LogP contribution in [0.4, 0.5) is 17.1 Å². The first-order valence-electron chi connectivity index (χ1n) is 20.8. The lowest BCUT2D eigenvalue weighted by molar-refractivity contribution is 0.672. The van der Waals surface area contributed by atoms with Crippen molar-refractivity contribution in [3.63, 3.8) is 0 Å². The van der Waals surface area contributed by atoms with Crippen LogP contribution in [0.1, 0.15) is 0 Å². The van der Waals surface area contributed by atoms with Gasteiger partial charge in [0.2, 0.25) is 0 Å². The maximum absolute atomic E-state index is 6.53. The van der Waals surface area contributed by atoms with Crippen molar-refractivity contribution in [3.8, 4) is 39.1 Å². The van der Waals surface area contributed by atoms with Crippen molar-refractivity contribution >= 4 is 71.6 Å². The standard InChI is InChI=1S/C58H38N2O/c1-2-14-39(15-3-1)40-26-32-44(33-27-40)59(53-22-10-7-18-47(53)43-31-37-57-52(38-43)51-36-30-41-16-4-5-19-48(41)58(51)61-57)45-34-28-42(29-35-45)46-17-6-11-23-54(46)60-55-24-12-8-20-49(55)50-21-9-13-25-56(50)60/h1-38H. The zero-order valence-corrected chi connectivity index (χ0v) is 33.2. The van der Waals surface area contributed by atoms with Crippen LogP contribution in [0.5, 0.6) is 0 Å². The molecule has 0 aliphatic carbocycles. The van der Waals surface area contributed by atoms with Gasteiger partial charge in [-0.2, -0.15) is 0 Å². The zero-order chi connectivity index (χ0) is 40.3. The quantitative estimate of drug-likeness (QED) is 0.161. The molecule has 0 N–H and O–H groups in total. The fourth-order valence-electron chi connectivity index (χ4n) is 9.33. The van der Waals surface area contributed by atoms with E-state index in [0.717, 1.165) is 66.8 Å². The van der Waals surface area contributed by atoms with E-state index in [1.165, 1.54) is 43.9 Å². The lowest BCUT2D eigenvalue weighted by atomic mass is 9.98. The largest absolute Gasteiger partial charge is 0.455 e. The molecule has 3 nitrogen and oxygen atoms in total. The highest BCUT2D eigenvalue weighted by Crippen LogP contribution is 2.44. The number of para-hydroxylation sites is 4. The van der Waals surface area contributed by atoms with Crippen LogP contribution in [-0.4, -0.2) is 4.57 Å². The summed E-state index contributed by atoms with van der Waals surface area (Å²) in [4.78, 5) is 2.39. The van der Waals surface area contributed by atoms with E-state index in [0.29, 0.717) is 0 Å². The SMILES string of the molecule is c1ccc(-c2ccc(N(c3ccc(-c4ccccc4-n4c5ccccc5c5ccccc54)cc3)c3ccccc3-c3ccc4oc5c6ccccc6ccc5c4c3)cc2)cc1. The van der Waals surface area contributed by atoms with Crippen molar-refractivity contribution in [1.29, 1.82) is 0 Å². The number of anilines is 3. The molecule has 61 heavy (non-hydrogen) atoms. The molecule has 0 radical (unpaired) electrons. The maximum atomic E-state index is 6.53. The molecule has 2 heterocycles. The number of benzene rings is 10. The Hall–Kier alpha value is -8.14. The minimum Gasteiger partial charge on any atom is -0.455 e. The van der Waals surface area contributed by atoms with Gasteiger partial charge < -0.3 is 13.9 Å². The number of hydrogen-bond donors (Lipinski definition) is 0. The van der Waals surface area contributed by atoms with Crippen molar-refractivity contribution in [2.45, 2.75) is 0 Å². The number of nitrogens with zero attached hydrogens (tertiary/aromatic N) is 2. The Balaban J connectivity index is 0.999. The summed E-state index contributed by atoms with van der Waals surface area (Å²) in [5.74, 6) is 0. The molecule has 0 amide bonds. The van der Waals surface area contributed by atoms with Gasteiger partial charge in [-0.25, -0.2) is 0 Å². The van der Waals surface area contributed by atoms with Crippen LogP contribution in [0.25, 0.3) is 93.6 Å². The van der Waals surface area contributed by atoms with Crippen LogP contribution in [0.3, 0.4) is 0 Å². The van der Waals surface area contributed by atoms with Gasteiger partial charge in [0.1, 0.15) is 11.2 Å². The van der Waals surface area contributed by atoms with E-state index in [-0.39, 0.29) is 0 Å². The number of hydrogen-bond acceptors (Lipinski definition) is 2. The summed E-state index contributed by atoms with van der Waals surface area (Å²) in [6.07, 6.45) is 0. The zero-order valence-electron chi connectivity index (χ0n) is 33.2. The Bertz CT molecular complexity index is 3520. The molecule has 2 aromatic heterocycles. The highest BCUT2D eigenvalue weighted by Gasteiger charge is 2.20. The minimum absolute atomic E-state index is 0.887. The van der Waals surface area contributed by atoms with E-state index < -0.39 is 0 Å². The molecular weight excluding hydrogens is 741 g/mol. The van der Waals surface area contributed by atoms with Gasteiger partial charge >= 0.3 is 0 Å². The van der Waals surface area contributed by atoms with Gasteiger partial charge in [0.15, 0.2) is 0 Å². The van der Waals surface area contributed by atoms with Crippen LogP contribution < -0.4 is 4.90 Å². The second kappa shape index (κ2) is 14.3. The number of fused-ring (bicyclic) bond motifs is 8. The fourth-order valence-corrected chi connectivity index (χ4v) is 9.33. The molecule has 3 heteroatoms. The van der Waals surface area contributed by atoms with Crippen LogP contribution in [0.15, 0.2) is 235 Å². The summed E-state index contributed by atoms with van der Waals surface area (Å²) in [6.45, 7) is 0. The van der Waals surface area contributed by atoms with Crippen molar-refractivity contribution in [2.24, 2.45) is 0 Å². The molecule has 10 aromatic carbocycles. The molecule has 0 saturated carbocycles. The molecular formula is C58H38N2O. The number of furan rings is 1. The summed E-state index contributed by atoms with van der Waals surface area (Å²) in [6, 6.07) is 82.9. The Labute approximate surface area is 353 Å². The van der Waals surface area contributed by atoms with Gasteiger partial charge in [0.25, 0.3) is 0 Å². The van der Waals surface area contributed by atoms with E-state index in [1.54, 1.807) is 0 Å². The van der Waals surface area contributed by atoms with Gasteiger partial charge in [0.05, 0.1) is 22.4 Å². The summed E-state index contributed by atoms with van der Waals surface area (Å²) >= 11 is 0. The number of rotatable bonds is 7. The average Bonchev–Trinajstić information content (AvgIpc) is 3.88. The van der Waals surface area contributed by atoms with E-state index in [1.807, 2.05) is 0 Å². The topological polar surface area (TPSA) is 21.3 Å².